The van der Waals surface area contributed by atoms with Gasteiger partial charge in [0, 0.05) is 28.0 Å². The van der Waals surface area contributed by atoms with E-state index in [1.54, 1.807) is 29.8 Å². The molecule has 28 heavy (non-hydrogen) atoms. The first-order valence-corrected chi connectivity index (χ1v) is 10.3. The van der Waals surface area contributed by atoms with Crippen LogP contribution in [-0.2, 0) is 6.18 Å². The summed E-state index contributed by atoms with van der Waals surface area (Å²) in [4.78, 5) is 14.3. The molecule has 0 aliphatic carbocycles. The van der Waals surface area contributed by atoms with Crippen LogP contribution in [0.25, 0.3) is 0 Å². The number of hydrogen-bond donors (Lipinski definition) is 1. The maximum atomic E-state index is 13.0. The molecule has 2 aromatic rings. The van der Waals surface area contributed by atoms with E-state index in [1.807, 2.05) is 12.1 Å². The Morgan fingerprint density at radius 3 is 2.75 bits per heavy atom. The molecule has 3 rings (SSSR count). The lowest BCUT2D eigenvalue weighted by molar-refractivity contribution is -0.137. The molecular weight excluding hydrogens is 481 g/mol. The maximum absolute atomic E-state index is 13.0. The minimum absolute atomic E-state index is 0.0265. The van der Waals surface area contributed by atoms with Crippen molar-refractivity contribution < 1.29 is 22.7 Å². The van der Waals surface area contributed by atoms with Gasteiger partial charge in [-0.1, -0.05) is 27.5 Å². The lowest BCUT2D eigenvalue weighted by atomic mass is 10.2. The predicted octanol–water partition coefficient (Wildman–Crippen LogP) is 6.41. The minimum Gasteiger partial charge on any atom is -0.496 e. The summed E-state index contributed by atoms with van der Waals surface area (Å²) < 4.78 is 45.4. The molecule has 2 aromatic carbocycles. The highest BCUT2D eigenvalue weighted by atomic mass is 79.9. The van der Waals surface area contributed by atoms with Crippen molar-refractivity contribution >= 4 is 51.0 Å². The van der Waals surface area contributed by atoms with Crippen molar-refractivity contribution in [2.45, 2.75) is 11.6 Å². The van der Waals surface area contributed by atoms with E-state index in [0.717, 1.165) is 22.2 Å². The average molecular weight is 496 g/mol. The van der Waals surface area contributed by atoms with E-state index < -0.39 is 22.8 Å². The Morgan fingerprint density at radius 2 is 2.07 bits per heavy atom. The molecule has 1 heterocycles. The summed E-state index contributed by atoms with van der Waals surface area (Å²) >= 11 is 10.6. The van der Waals surface area contributed by atoms with Crippen LogP contribution >= 0.6 is 39.3 Å². The van der Waals surface area contributed by atoms with Crippen LogP contribution in [0.2, 0.25) is 5.02 Å². The summed E-state index contributed by atoms with van der Waals surface area (Å²) in [5, 5.41) is 1.80. The van der Waals surface area contributed by atoms with E-state index in [9.17, 15) is 18.0 Å². The minimum atomic E-state index is -4.60. The zero-order valence-corrected chi connectivity index (χ0v) is 17.7. The molecule has 1 unspecified atom stereocenters. The molecule has 4 nitrogen and oxygen atoms in total. The molecule has 1 fully saturated rings. The van der Waals surface area contributed by atoms with Gasteiger partial charge in [-0.05, 0) is 36.4 Å². The Bertz CT molecular complexity index is 898. The summed E-state index contributed by atoms with van der Waals surface area (Å²) in [6.45, 7) is 0.455. The van der Waals surface area contributed by atoms with Crippen molar-refractivity contribution in [3.05, 3.63) is 57.0 Å². The average Bonchev–Trinajstić information content (AvgIpc) is 3.12. The first-order valence-electron chi connectivity index (χ1n) is 8.10. The molecule has 0 spiro atoms. The van der Waals surface area contributed by atoms with E-state index in [1.165, 1.54) is 6.07 Å². The fourth-order valence-corrected chi connectivity index (χ4v) is 4.72. The second-order valence-corrected chi connectivity index (χ2v) is 8.44. The number of nitrogens with one attached hydrogen (secondary N) is 1. The number of methoxy groups -OCH3 is 1. The Labute approximate surface area is 177 Å². The number of thioether (sulfide) groups is 1. The Kier molecular flexibility index (Phi) is 6.36. The van der Waals surface area contributed by atoms with E-state index in [2.05, 4.69) is 21.2 Å². The van der Waals surface area contributed by atoms with E-state index in [0.29, 0.717) is 18.0 Å². The fraction of sp³-hybridized carbons (Fsp3) is 0.278. The molecule has 0 radical (unpaired) electrons. The van der Waals surface area contributed by atoms with Crippen LogP contribution in [0, 0.1) is 0 Å². The molecule has 0 saturated carbocycles. The van der Waals surface area contributed by atoms with Gasteiger partial charge in [-0.25, -0.2) is 4.79 Å². The molecule has 1 aliphatic rings. The summed E-state index contributed by atoms with van der Waals surface area (Å²) in [5.74, 6) is 1.33. The highest BCUT2D eigenvalue weighted by Crippen LogP contribution is 2.43. The van der Waals surface area contributed by atoms with Gasteiger partial charge in [-0.15, -0.1) is 11.8 Å². The van der Waals surface area contributed by atoms with Crippen LogP contribution in [0.3, 0.4) is 0 Å². The molecule has 1 atom stereocenters. The van der Waals surface area contributed by atoms with E-state index >= 15 is 0 Å². The Morgan fingerprint density at radius 1 is 1.32 bits per heavy atom. The van der Waals surface area contributed by atoms with Gasteiger partial charge in [0.15, 0.2) is 0 Å². The second-order valence-electron chi connectivity index (χ2n) is 5.93. The molecule has 1 saturated heterocycles. The van der Waals surface area contributed by atoms with Gasteiger partial charge in [-0.2, -0.15) is 13.2 Å². The summed E-state index contributed by atoms with van der Waals surface area (Å²) in [6, 6.07) is 8.29. The SMILES string of the molecule is COc1ccc(Br)cc1C1SCCN1C(=O)Nc1ccc(Cl)c(C(F)(F)F)c1. The van der Waals surface area contributed by atoms with Crippen molar-refractivity contribution in [2.24, 2.45) is 0 Å². The predicted molar refractivity (Wildman–Crippen MR) is 108 cm³/mol. The van der Waals surface area contributed by atoms with Crippen molar-refractivity contribution in [1.29, 1.82) is 0 Å². The smallest absolute Gasteiger partial charge is 0.417 e. The summed E-state index contributed by atoms with van der Waals surface area (Å²) in [6.07, 6.45) is -4.60. The number of rotatable bonds is 3. The lowest BCUT2D eigenvalue weighted by Crippen LogP contribution is -2.34. The van der Waals surface area contributed by atoms with Gasteiger partial charge < -0.3 is 15.0 Å². The van der Waals surface area contributed by atoms with Crippen molar-refractivity contribution in [3.8, 4) is 5.75 Å². The number of urea groups is 1. The van der Waals surface area contributed by atoms with Crippen LogP contribution < -0.4 is 10.1 Å². The first-order chi connectivity index (χ1) is 13.2. The van der Waals surface area contributed by atoms with Gasteiger partial charge in [0.05, 0.1) is 17.7 Å². The molecule has 150 valence electrons. The Balaban J connectivity index is 1.84. The number of anilines is 1. The number of ether oxygens (including phenoxy) is 1. The summed E-state index contributed by atoms with van der Waals surface area (Å²) in [5.41, 5.74) is -0.159. The number of halogens is 5. The standard InChI is InChI=1S/C18H15BrClF3N2O2S/c1-27-15-5-2-10(19)8-12(15)16-25(6-7-28-16)17(26)24-11-3-4-14(20)13(9-11)18(21,22)23/h2-5,8-9,16H,6-7H2,1H3,(H,24,26). The molecule has 1 N–H and O–H groups in total. The molecule has 1 aliphatic heterocycles. The second kappa shape index (κ2) is 8.42. The molecule has 2 amide bonds. The molecule has 0 aromatic heterocycles. The monoisotopic (exact) mass is 494 g/mol. The van der Waals surface area contributed by atoms with Crippen LogP contribution in [0.1, 0.15) is 16.5 Å². The van der Waals surface area contributed by atoms with Crippen molar-refractivity contribution in [2.75, 3.05) is 24.7 Å². The topological polar surface area (TPSA) is 41.6 Å². The van der Waals surface area contributed by atoms with Gasteiger partial charge in [0.25, 0.3) is 0 Å². The van der Waals surface area contributed by atoms with Crippen molar-refractivity contribution in [3.63, 3.8) is 0 Å². The zero-order valence-electron chi connectivity index (χ0n) is 14.5. The van der Waals surface area contributed by atoms with Crippen molar-refractivity contribution in [1.82, 2.24) is 4.90 Å². The van der Waals surface area contributed by atoms with Gasteiger partial charge >= 0.3 is 12.2 Å². The third-order valence-corrected chi connectivity index (χ3v) is 6.20. The lowest BCUT2D eigenvalue weighted by Gasteiger charge is -2.26. The van der Waals surface area contributed by atoms with E-state index in [-0.39, 0.29) is 11.1 Å². The molecule has 10 heteroatoms. The van der Waals surface area contributed by atoms with Crippen LogP contribution in [0.4, 0.5) is 23.7 Å². The van der Waals surface area contributed by atoms with Gasteiger partial charge in [0.2, 0.25) is 0 Å². The number of benzene rings is 2. The first kappa shape index (κ1) is 21.1. The number of alkyl halides is 3. The third-order valence-electron chi connectivity index (χ3n) is 4.13. The largest absolute Gasteiger partial charge is 0.496 e. The number of hydrogen-bond acceptors (Lipinski definition) is 3. The normalized spacial score (nSPS) is 16.9. The highest BCUT2D eigenvalue weighted by molar-refractivity contribution is 9.10. The number of carbonyl (C=O) groups is 1. The third kappa shape index (κ3) is 4.52. The zero-order chi connectivity index (χ0) is 20.5. The van der Waals surface area contributed by atoms with Crippen LogP contribution in [-0.4, -0.2) is 30.3 Å². The van der Waals surface area contributed by atoms with Crippen LogP contribution in [0.5, 0.6) is 5.75 Å². The van der Waals surface area contributed by atoms with Gasteiger partial charge in [-0.3, -0.25) is 0 Å². The highest BCUT2D eigenvalue weighted by Gasteiger charge is 2.35. The number of carbonyl (C=O) groups excluding carboxylic acids is 1. The Hall–Kier alpha value is -1.58. The molecular formula is C18H15BrClF3N2O2S. The van der Waals surface area contributed by atoms with Crippen LogP contribution in [0.15, 0.2) is 40.9 Å². The molecule has 0 bridgehead atoms. The summed E-state index contributed by atoms with van der Waals surface area (Å²) in [7, 11) is 1.54. The number of amides is 2. The number of nitrogens with zero attached hydrogens (tertiary/aromatic N) is 1. The quantitative estimate of drug-likeness (QED) is 0.535. The van der Waals surface area contributed by atoms with Gasteiger partial charge in [0.1, 0.15) is 11.1 Å². The van der Waals surface area contributed by atoms with E-state index in [4.69, 9.17) is 16.3 Å². The maximum Gasteiger partial charge on any atom is 0.417 e. The fourth-order valence-electron chi connectivity index (χ4n) is 2.85.